The Morgan fingerprint density at radius 3 is 2.56 bits per heavy atom. The lowest BCUT2D eigenvalue weighted by Crippen LogP contribution is -2.45. The number of aromatic nitrogens is 5. The summed E-state index contributed by atoms with van der Waals surface area (Å²) in [6, 6.07) is 7.04. The fourth-order valence-corrected chi connectivity index (χ4v) is 3.76. The van der Waals surface area contributed by atoms with Gasteiger partial charge in [-0.2, -0.15) is 20.0 Å². The summed E-state index contributed by atoms with van der Waals surface area (Å²) in [7, 11) is 1.27. The molecule has 1 aliphatic heterocycles. The summed E-state index contributed by atoms with van der Waals surface area (Å²) in [4.78, 5) is 20.2. The third kappa shape index (κ3) is 4.32. The molecule has 5 rings (SSSR count). The Labute approximate surface area is 200 Å². The largest absolute Gasteiger partial charge is 0.573 e. The van der Waals surface area contributed by atoms with Crippen LogP contribution in [0.25, 0.3) is 17.1 Å². The minimum Gasteiger partial charge on any atom is -0.494 e. The molecule has 3 heterocycles. The third-order valence-electron chi connectivity index (χ3n) is 5.50. The fourth-order valence-electron chi connectivity index (χ4n) is 3.76. The van der Waals surface area contributed by atoms with Gasteiger partial charge in [0.1, 0.15) is 17.5 Å². The summed E-state index contributed by atoms with van der Waals surface area (Å²) in [5, 5.41) is 11.7. The number of likely N-dealkylation sites (tertiary alicyclic amines) is 1. The van der Waals surface area contributed by atoms with Crippen LogP contribution in [0.15, 0.2) is 53.3 Å². The van der Waals surface area contributed by atoms with Gasteiger partial charge < -0.3 is 18.9 Å². The Morgan fingerprint density at radius 2 is 1.89 bits per heavy atom. The number of halogens is 4. The van der Waals surface area contributed by atoms with Crippen molar-refractivity contribution in [3.63, 3.8) is 0 Å². The summed E-state index contributed by atoms with van der Waals surface area (Å²) >= 11 is 0. The lowest BCUT2D eigenvalue weighted by Gasteiger charge is -2.38. The number of rotatable bonds is 6. The van der Waals surface area contributed by atoms with Crippen LogP contribution in [0.2, 0.25) is 0 Å². The van der Waals surface area contributed by atoms with Crippen LogP contribution in [0.4, 0.5) is 17.6 Å². The number of nitrogens with zero attached hydrogens (tertiary/aromatic N) is 6. The monoisotopic (exact) mass is 504 g/mol. The molecular formula is C22H16F4N6O4. The van der Waals surface area contributed by atoms with E-state index in [2.05, 4.69) is 25.1 Å². The van der Waals surface area contributed by atoms with E-state index in [9.17, 15) is 22.4 Å². The van der Waals surface area contributed by atoms with Gasteiger partial charge in [0, 0.05) is 12.6 Å². The summed E-state index contributed by atoms with van der Waals surface area (Å²) in [6.45, 7) is 0.320. The van der Waals surface area contributed by atoms with Crippen LogP contribution in [0.5, 0.6) is 11.5 Å². The van der Waals surface area contributed by atoms with Crippen molar-refractivity contribution in [3.8, 4) is 28.6 Å². The fraction of sp³-hybridized carbons (Fsp3) is 0.227. The highest BCUT2D eigenvalue weighted by Crippen LogP contribution is 2.38. The average Bonchev–Trinajstić information content (AvgIpc) is 3.50. The maximum atomic E-state index is 14.4. The van der Waals surface area contributed by atoms with Crippen molar-refractivity contribution in [2.45, 2.75) is 18.8 Å². The predicted octanol–water partition coefficient (Wildman–Crippen LogP) is 3.95. The van der Waals surface area contributed by atoms with Crippen molar-refractivity contribution in [1.29, 1.82) is 0 Å². The molecule has 0 spiro atoms. The molecule has 14 heteroatoms. The lowest BCUT2D eigenvalue weighted by molar-refractivity contribution is -0.274. The van der Waals surface area contributed by atoms with Gasteiger partial charge in [-0.1, -0.05) is 17.3 Å². The second-order valence-corrected chi connectivity index (χ2v) is 7.63. The maximum absolute atomic E-state index is 14.4. The Morgan fingerprint density at radius 1 is 1.14 bits per heavy atom. The summed E-state index contributed by atoms with van der Waals surface area (Å²) in [5.74, 6) is -1.95. The van der Waals surface area contributed by atoms with E-state index in [1.54, 1.807) is 0 Å². The van der Waals surface area contributed by atoms with Crippen molar-refractivity contribution in [2.24, 2.45) is 0 Å². The summed E-state index contributed by atoms with van der Waals surface area (Å²) < 4.78 is 67.1. The van der Waals surface area contributed by atoms with E-state index in [-0.39, 0.29) is 34.3 Å². The van der Waals surface area contributed by atoms with Gasteiger partial charge in [0.05, 0.1) is 30.6 Å². The summed E-state index contributed by atoms with van der Waals surface area (Å²) in [5.41, 5.74) is 0.133. The van der Waals surface area contributed by atoms with Gasteiger partial charge in [-0.15, -0.1) is 13.2 Å². The van der Waals surface area contributed by atoms with Crippen molar-refractivity contribution >= 4 is 5.91 Å². The molecule has 1 saturated heterocycles. The van der Waals surface area contributed by atoms with E-state index in [0.717, 1.165) is 16.9 Å². The second kappa shape index (κ2) is 8.94. The van der Waals surface area contributed by atoms with Crippen molar-refractivity contribution < 1.29 is 36.4 Å². The zero-order valence-electron chi connectivity index (χ0n) is 18.4. The Balaban J connectivity index is 1.44. The van der Waals surface area contributed by atoms with E-state index in [1.165, 1.54) is 48.7 Å². The number of alkyl halides is 3. The van der Waals surface area contributed by atoms with Gasteiger partial charge in [0.2, 0.25) is 11.7 Å². The Kier molecular flexibility index (Phi) is 5.78. The zero-order chi connectivity index (χ0) is 25.4. The van der Waals surface area contributed by atoms with Crippen LogP contribution in [0.3, 0.4) is 0 Å². The topological polar surface area (TPSA) is 108 Å². The predicted molar refractivity (Wildman–Crippen MR) is 113 cm³/mol. The first-order chi connectivity index (χ1) is 17.2. The highest BCUT2D eigenvalue weighted by atomic mass is 19.4. The van der Waals surface area contributed by atoms with Gasteiger partial charge in [-0.25, -0.2) is 4.39 Å². The zero-order valence-corrected chi connectivity index (χ0v) is 18.4. The molecule has 0 N–H and O–H groups in total. The van der Waals surface area contributed by atoms with E-state index in [0.29, 0.717) is 13.0 Å². The smallest absolute Gasteiger partial charge is 0.494 e. The molecule has 0 bridgehead atoms. The molecule has 2 aromatic carbocycles. The number of hydrogen-bond acceptors (Lipinski definition) is 8. The molecule has 0 aliphatic carbocycles. The number of para-hydroxylation sites is 1. The molecule has 186 valence electrons. The molecule has 1 fully saturated rings. The van der Waals surface area contributed by atoms with Crippen molar-refractivity contribution in [1.82, 2.24) is 30.0 Å². The molecule has 1 atom stereocenters. The van der Waals surface area contributed by atoms with Gasteiger partial charge in [-0.05, 0) is 24.6 Å². The number of hydrogen-bond donors (Lipinski definition) is 0. The Bertz CT molecular complexity index is 1410. The molecular weight excluding hydrogens is 488 g/mol. The average molecular weight is 504 g/mol. The van der Waals surface area contributed by atoms with Crippen LogP contribution >= 0.6 is 0 Å². The van der Waals surface area contributed by atoms with Gasteiger partial charge >= 0.3 is 6.36 Å². The van der Waals surface area contributed by atoms with Crippen molar-refractivity contribution in [2.75, 3.05) is 13.7 Å². The van der Waals surface area contributed by atoms with Crippen LogP contribution in [0, 0.1) is 5.82 Å². The number of amides is 1. The molecule has 0 radical (unpaired) electrons. The minimum absolute atomic E-state index is 0.0271. The number of benzene rings is 2. The third-order valence-corrected chi connectivity index (χ3v) is 5.50. The van der Waals surface area contributed by atoms with Crippen LogP contribution in [-0.4, -0.2) is 56.0 Å². The number of carbonyl (C=O) groups is 1. The number of methoxy groups -OCH3 is 1. The second-order valence-electron chi connectivity index (χ2n) is 7.63. The highest BCUT2D eigenvalue weighted by molar-refractivity contribution is 5.98. The SMILES string of the molecule is COc1cc(C(=O)N2CC[C@H]2c2nc(-c3ccccc3OC(F)(F)F)no2)c(-n2nccn2)cc1F. The molecule has 36 heavy (non-hydrogen) atoms. The van der Waals surface area contributed by atoms with Gasteiger partial charge in [-0.3, -0.25) is 4.79 Å². The maximum Gasteiger partial charge on any atom is 0.573 e. The quantitative estimate of drug-likeness (QED) is 0.363. The first-order valence-electron chi connectivity index (χ1n) is 10.5. The lowest BCUT2D eigenvalue weighted by atomic mass is 10.00. The molecule has 0 unspecified atom stereocenters. The highest BCUT2D eigenvalue weighted by Gasteiger charge is 2.40. The number of carbonyl (C=O) groups excluding carboxylic acids is 1. The first kappa shape index (κ1) is 23.3. The van der Waals surface area contributed by atoms with E-state index < -0.39 is 29.9 Å². The molecule has 4 aromatic rings. The van der Waals surface area contributed by atoms with Gasteiger partial charge in [0.15, 0.2) is 11.6 Å². The van der Waals surface area contributed by atoms with E-state index >= 15 is 0 Å². The normalized spacial score (nSPS) is 15.5. The Hall–Kier alpha value is -4.49. The molecule has 1 amide bonds. The molecule has 2 aromatic heterocycles. The summed E-state index contributed by atoms with van der Waals surface area (Å²) in [6.07, 6.45) is -1.69. The van der Waals surface area contributed by atoms with Crippen LogP contribution in [-0.2, 0) is 0 Å². The van der Waals surface area contributed by atoms with Gasteiger partial charge in [0.25, 0.3) is 5.91 Å². The van der Waals surface area contributed by atoms with Crippen molar-refractivity contribution in [3.05, 3.63) is 66.1 Å². The van der Waals surface area contributed by atoms with Crippen LogP contribution in [0.1, 0.15) is 28.7 Å². The molecule has 0 saturated carbocycles. The molecule has 10 nitrogen and oxygen atoms in total. The van der Waals surface area contributed by atoms with E-state index in [1.807, 2.05) is 0 Å². The first-order valence-corrected chi connectivity index (χ1v) is 10.5. The standard InChI is InChI=1S/C22H16F4N6O4/c1-34-18-10-13(16(11-14(18)23)32-27-7-8-28-32)21(33)31-9-6-15(31)20-29-19(30-36-20)12-4-2-3-5-17(12)35-22(24,25)26/h2-5,7-8,10-11,15H,6,9H2,1H3/t15-/m0/s1. The minimum atomic E-state index is -4.91. The molecule has 1 aliphatic rings. The van der Waals surface area contributed by atoms with E-state index in [4.69, 9.17) is 9.26 Å². The number of ether oxygens (including phenoxy) is 2. The van der Waals surface area contributed by atoms with Crippen LogP contribution < -0.4 is 9.47 Å².